The first kappa shape index (κ1) is 11.2. The van der Waals surface area contributed by atoms with Gasteiger partial charge in [0.1, 0.15) is 11.9 Å². The lowest BCUT2D eigenvalue weighted by molar-refractivity contribution is 0.0338. The number of furan rings is 1. The maximum atomic E-state index is 10.3. The number of rotatable bonds is 2. The van der Waals surface area contributed by atoms with Crippen molar-refractivity contribution in [2.24, 2.45) is 5.41 Å². The lowest BCUT2D eigenvalue weighted by atomic mass is 9.76. The van der Waals surface area contributed by atoms with Crippen molar-refractivity contribution in [2.75, 3.05) is 0 Å². The molecule has 0 radical (unpaired) electrons. The van der Waals surface area contributed by atoms with Crippen molar-refractivity contribution in [2.45, 2.75) is 44.6 Å². The highest BCUT2D eigenvalue weighted by Crippen LogP contribution is 2.44. The van der Waals surface area contributed by atoms with E-state index in [0.717, 1.165) is 38.5 Å². The molecule has 1 unspecified atom stereocenters. The summed E-state index contributed by atoms with van der Waals surface area (Å²) in [5.41, 5.74) is -0.644. The molecule has 3 heteroatoms. The predicted octanol–water partition coefficient (Wildman–Crippen LogP) is 3.18. The Balaban J connectivity index is 2.23. The number of nitrogens with zero attached hydrogens (tertiary/aromatic N) is 1. The molecule has 3 nitrogen and oxygen atoms in total. The molecular weight excluding hydrogens is 202 g/mol. The van der Waals surface area contributed by atoms with E-state index in [0.29, 0.717) is 5.76 Å². The van der Waals surface area contributed by atoms with Crippen molar-refractivity contribution < 1.29 is 9.52 Å². The van der Waals surface area contributed by atoms with Crippen LogP contribution in [0.2, 0.25) is 0 Å². The Kier molecular flexibility index (Phi) is 3.31. The molecule has 0 amide bonds. The molecule has 0 bridgehead atoms. The van der Waals surface area contributed by atoms with Gasteiger partial charge in [0.15, 0.2) is 0 Å². The van der Waals surface area contributed by atoms with Crippen LogP contribution in [0, 0.1) is 16.7 Å². The minimum absolute atomic E-state index is 0.517. The molecule has 1 atom stereocenters. The summed E-state index contributed by atoms with van der Waals surface area (Å²) in [4.78, 5) is 0. The molecule has 1 aromatic heterocycles. The number of nitriles is 1. The fraction of sp³-hybridized carbons (Fsp3) is 0.615. The first-order chi connectivity index (χ1) is 7.78. The van der Waals surface area contributed by atoms with E-state index >= 15 is 0 Å². The highest BCUT2D eigenvalue weighted by atomic mass is 16.4. The van der Waals surface area contributed by atoms with E-state index in [-0.39, 0.29) is 0 Å². The minimum Gasteiger partial charge on any atom is -0.467 e. The summed E-state index contributed by atoms with van der Waals surface area (Å²) in [6, 6.07) is 5.83. The van der Waals surface area contributed by atoms with Gasteiger partial charge in [-0.1, -0.05) is 25.7 Å². The van der Waals surface area contributed by atoms with Gasteiger partial charge in [-0.15, -0.1) is 0 Å². The van der Waals surface area contributed by atoms with Gasteiger partial charge in [-0.2, -0.15) is 5.26 Å². The van der Waals surface area contributed by atoms with Crippen LogP contribution in [0.25, 0.3) is 0 Å². The zero-order chi connectivity index (χ0) is 11.4. The maximum absolute atomic E-state index is 10.3. The Hall–Kier alpha value is -1.27. The molecule has 16 heavy (non-hydrogen) atoms. The second-order valence-corrected chi connectivity index (χ2v) is 4.60. The minimum atomic E-state index is -0.786. The standard InChI is InChI=1S/C13H17NO2/c14-10-13(7-3-1-2-4-8-13)12(15)11-6-5-9-16-11/h5-6,9,12,15H,1-4,7-8H2. The fourth-order valence-corrected chi connectivity index (χ4v) is 2.53. The topological polar surface area (TPSA) is 57.2 Å². The maximum Gasteiger partial charge on any atom is 0.133 e. The molecule has 2 rings (SSSR count). The van der Waals surface area contributed by atoms with Crippen LogP contribution < -0.4 is 0 Å². The van der Waals surface area contributed by atoms with Crippen molar-refractivity contribution in [3.8, 4) is 6.07 Å². The van der Waals surface area contributed by atoms with E-state index in [1.807, 2.05) is 0 Å². The van der Waals surface area contributed by atoms with Gasteiger partial charge in [0.25, 0.3) is 0 Å². The van der Waals surface area contributed by atoms with E-state index in [2.05, 4.69) is 6.07 Å². The molecule has 1 aliphatic carbocycles. The highest BCUT2D eigenvalue weighted by Gasteiger charge is 2.40. The molecule has 1 fully saturated rings. The highest BCUT2D eigenvalue weighted by molar-refractivity contribution is 5.14. The second kappa shape index (κ2) is 4.71. The third-order valence-corrected chi connectivity index (χ3v) is 3.55. The van der Waals surface area contributed by atoms with E-state index in [4.69, 9.17) is 4.42 Å². The summed E-state index contributed by atoms with van der Waals surface area (Å²) < 4.78 is 5.22. The Bertz CT molecular complexity index is 356. The van der Waals surface area contributed by atoms with Crippen molar-refractivity contribution in [3.63, 3.8) is 0 Å². The van der Waals surface area contributed by atoms with Crippen LogP contribution in [0.4, 0.5) is 0 Å². The van der Waals surface area contributed by atoms with Gasteiger partial charge in [-0.25, -0.2) is 0 Å². The molecule has 0 spiro atoms. The van der Waals surface area contributed by atoms with Crippen molar-refractivity contribution in [1.82, 2.24) is 0 Å². The number of hydrogen-bond acceptors (Lipinski definition) is 3. The molecule has 1 aromatic rings. The summed E-state index contributed by atoms with van der Waals surface area (Å²) in [6.07, 6.45) is 6.65. The third-order valence-electron chi connectivity index (χ3n) is 3.55. The molecule has 1 N–H and O–H groups in total. The molecule has 86 valence electrons. The summed E-state index contributed by atoms with van der Waals surface area (Å²) in [5.74, 6) is 0.517. The van der Waals surface area contributed by atoms with E-state index in [9.17, 15) is 10.4 Å². The quantitative estimate of drug-likeness (QED) is 0.777. The summed E-state index contributed by atoms with van der Waals surface area (Å²) in [6.45, 7) is 0. The molecule has 1 saturated carbocycles. The van der Waals surface area contributed by atoms with Crippen LogP contribution in [-0.2, 0) is 0 Å². The van der Waals surface area contributed by atoms with Gasteiger partial charge < -0.3 is 9.52 Å². The van der Waals surface area contributed by atoms with Crippen LogP contribution in [0.3, 0.4) is 0 Å². The second-order valence-electron chi connectivity index (χ2n) is 4.60. The van der Waals surface area contributed by atoms with Crippen LogP contribution in [0.5, 0.6) is 0 Å². The largest absolute Gasteiger partial charge is 0.467 e. The average molecular weight is 219 g/mol. The van der Waals surface area contributed by atoms with Gasteiger partial charge in [0.2, 0.25) is 0 Å². The summed E-state index contributed by atoms with van der Waals surface area (Å²) in [5, 5.41) is 19.7. The van der Waals surface area contributed by atoms with Gasteiger partial charge in [0.05, 0.1) is 17.7 Å². The summed E-state index contributed by atoms with van der Waals surface area (Å²) >= 11 is 0. The lowest BCUT2D eigenvalue weighted by Crippen LogP contribution is -2.26. The molecule has 1 heterocycles. The van der Waals surface area contributed by atoms with Gasteiger partial charge >= 0.3 is 0 Å². The Labute approximate surface area is 95.7 Å². The fourth-order valence-electron chi connectivity index (χ4n) is 2.53. The van der Waals surface area contributed by atoms with Crippen LogP contribution in [0.15, 0.2) is 22.8 Å². The number of aliphatic hydroxyl groups is 1. The number of aliphatic hydroxyl groups excluding tert-OH is 1. The normalized spacial score (nSPS) is 22.0. The van der Waals surface area contributed by atoms with Gasteiger partial charge in [-0.05, 0) is 25.0 Å². The van der Waals surface area contributed by atoms with Crippen LogP contribution >= 0.6 is 0 Å². The van der Waals surface area contributed by atoms with E-state index in [1.165, 1.54) is 0 Å². The number of hydrogen-bond donors (Lipinski definition) is 1. The molecule has 0 aliphatic heterocycles. The van der Waals surface area contributed by atoms with Crippen molar-refractivity contribution >= 4 is 0 Å². The molecule has 0 aromatic carbocycles. The summed E-state index contributed by atoms with van der Waals surface area (Å²) in [7, 11) is 0. The first-order valence-electron chi connectivity index (χ1n) is 5.91. The Morgan fingerprint density at radius 2 is 2.00 bits per heavy atom. The smallest absolute Gasteiger partial charge is 0.133 e. The molecule has 0 saturated heterocycles. The van der Waals surface area contributed by atoms with Crippen LogP contribution in [-0.4, -0.2) is 5.11 Å². The van der Waals surface area contributed by atoms with Crippen molar-refractivity contribution in [1.29, 1.82) is 5.26 Å². The molecular formula is C13H17NO2. The van der Waals surface area contributed by atoms with Gasteiger partial charge in [-0.3, -0.25) is 0 Å². The zero-order valence-corrected chi connectivity index (χ0v) is 9.35. The SMILES string of the molecule is N#CC1(C(O)c2ccco2)CCCCCC1. The monoisotopic (exact) mass is 219 g/mol. The average Bonchev–Trinajstić information content (AvgIpc) is 2.73. The lowest BCUT2D eigenvalue weighted by Gasteiger charge is -2.29. The first-order valence-corrected chi connectivity index (χ1v) is 5.91. The molecule has 1 aliphatic rings. The van der Waals surface area contributed by atoms with Gasteiger partial charge in [0, 0.05) is 0 Å². The Morgan fingerprint density at radius 3 is 2.50 bits per heavy atom. The third kappa shape index (κ3) is 1.98. The van der Waals surface area contributed by atoms with Crippen molar-refractivity contribution in [3.05, 3.63) is 24.2 Å². The zero-order valence-electron chi connectivity index (χ0n) is 9.35. The predicted molar refractivity (Wildman–Crippen MR) is 59.4 cm³/mol. The van der Waals surface area contributed by atoms with Crippen LogP contribution in [0.1, 0.15) is 50.4 Å². The van der Waals surface area contributed by atoms with E-state index < -0.39 is 11.5 Å². The van der Waals surface area contributed by atoms with E-state index in [1.54, 1.807) is 18.4 Å². The Morgan fingerprint density at radius 1 is 1.31 bits per heavy atom.